The lowest BCUT2D eigenvalue weighted by Gasteiger charge is -2.07. The Balaban J connectivity index is 1.55. The van der Waals surface area contributed by atoms with E-state index in [0.717, 1.165) is 48.0 Å². The molecule has 5 aromatic rings. The van der Waals surface area contributed by atoms with Gasteiger partial charge in [0.1, 0.15) is 0 Å². The third kappa shape index (κ3) is 2.88. The molecule has 0 radical (unpaired) electrons. The van der Waals surface area contributed by atoms with Crippen molar-refractivity contribution >= 4 is 43.8 Å². The monoisotopic (exact) mass is 386 g/mol. The second kappa shape index (κ2) is 6.35. The van der Waals surface area contributed by atoms with Crippen LogP contribution in [0.15, 0.2) is 60.9 Å². The first-order valence-corrected chi connectivity index (χ1v) is 9.84. The molecule has 5 rings (SSSR count). The number of nitrogens with zero attached hydrogens (tertiary/aromatic N) is 2. The molecule has 6 heteroatoms. The highest BCUT2D eigenvalue weighted by atomic mass is 32.1. The van der Waals surface area contributed by atoms with E-state index in [-0.39, 0.29) is 0 Å². The average molecular weight is 386 g/mol. The average Bonchev–Trinajstić information content (AvgIpc) is 3.27. The van der Waals surface area contributed by atoms with Gasteiger partial charge in [-0.1, -0.05) is 0 Å². The standard InChI is InChI=1S/C22H18N4OS/c1-13-9-16-11-17(3-4-18(16)24-13)25-19-5-7-23-20-12-21(28-22(19)20)15-6-8-26(27)14(2)10-15/h3-12,24H,1-2H3,(H,23,25). The molecule has 0 aliphatic carbocycles. The fraction of sp³-hybridized carbons (Fsp3) is 0.0909. The minimum atomic E-state index is 0.677. The number of rotatable bonds is 3. The van der Waals surface area contributed by atoms with Gasteiger partial charge in [-0.25, -0.2) is 0 Å². The van der Waals surface area contributed by atoms with Crippen molar-refractivity contribution in [1.82, 2.24) is 9.97 Å². The van der Waals surface area contributed by atoms with Crippen molar-refractivity contribution in [1.29, 1.82) is 0 Å². The number of nitrogens with one attached hydrogen (secondary N) is 2. The number of aryl methyl sites for hydroxylation is 2. The lowest BCUT2D eigenvalue weighted by atomic mass is 10.2. The van der Waals surface area contributed by atoms with Crippen LogP contribution in [-0.4, -0.2) is 9.97 Å². The Labute approximate surface area is 165 Å². The normalized spacial score (nSPS) is 11.4. The molecule has 0 saturated heterocycles. The van der Waals surface area contributed by atoms with Crippen molar-refractivity contribution in [2.45, 2.75) is 13.8 Å². The summed E-state index contributed by atoms with van der Waals surface area (Å²) in [5.41, 5.74) is 7.01. The third-order valence-electron chi connectivity index (χ3n) is 4.83. The quantitative estimate of drug-likeness (QED) is 0.320. The molecular formula is C22H18N4OS. The first-order valence-electron chi connectivity index (χ1n) is 9.02. The first kappa shape index (κ1) is 16.8. The molecule has 0 amide bonds. The lowest BCUT2D eigenvalue weighted by Crippen LogP contribution is -2.28. The number of H-pyrrole nitrogens is 1. The minimum Gasteiger partial charge on any atom is -0.619 e. The highest BCUT2D eigenvalue weighted by Crippen LogP contribution is 2.37. The van der Waals surface area contributed by atoms with E-state index < -0.39 is 0 Å². The van der Waals surface area contributed by atoms with Crippen LogP contribution >= 0.6 is 11.3 Å². The molecular weight excluding hydrogens is 368 g/mol. The number of pyridine rings is 2. The number of hydrogen-bond donors (Lipinski definition) is 2. The van der Waals surface area contributed by atoms with Crippen LogP contribution in [-0.2, 0) is 0 Å². The molecule has 1 aromatic carbocycles. The van der Waals surface area contributed by atoms with E-state index in [9.17, 15) is 5.21 Å². The summed E-state index contributed by atoms with van der Waals surface area (Å²) in [5.74, 6) is 0. The van der Waals surface area contributed by atoms with Crippen LogP contribution in [0.25, 0.3) is 31.6 Å². The van der Waals surface area contributed by atoms with Crippen LogP contribution in [0.5, 0.6) is 0 Å². The Bertz CT molecular complexity index is 1340. The molecule has 0 atom stereocenters. The van der Waals surface area contributed by atoms with Crippen LogP contribution in [0.4, 0.5) is 11.4 Å². The van der Waals surface area contributed by atoms with Gasteiger partial charge in [-0.15, -0.1) is 11.3 Å². The van der Waals surface area contributed by atoms with Crippen molar-refractivity contribution in [2.24, 2.45) is 0 Å². The smallest absolute Gasteiger partial charge is 0.190 e. The summed E-state index contributed by atoms with van der Waals surface area (Å²) in [6.07, 6.45) is 3.37. The largest absolute Gasteiger partial charge is 0.619 e. The molecule has 5 nitrogen and oxygen atoms in total. The van der Waals surface area contributed by atoms with Crippen molar-refractivity contribution in [2.75, 3.05) is 5.32 Å². The van der Waals surface area contributed by atoms with Crippen molar-refractivity contribution in [3.63, 3.8) is 0 Å². The predicted octanol–water partition coefficient (Wildman–Crippen LogP) is 5.44. The molecule has 28 heavy (non-hydrogen) atoms. The van der Waals surface area contributed by atoms with E-state index in [2.05, 4.69) is 52.5 Å². The van der Waals surface area contributed by atoms with E-state index in [1.165, 1.54) is 5.39 Å². The predicted molar refractivity (Wildman–Crippen MR) is 115 cm³/mol. The van der Waals surface area contributed by atoms with Crippen molar-refractivity contribution in [3.8, 4) is 10.4 Å². The number of anilines is 2. The van der Waals surface area contributed by atoms with Gasteiger partial charge in [-0.3, -0.25) is 4.98 Å². The van der Waals surface area contributed by atoms with E-state index in [4.69, 9.17) is 0 Å². The summed E-state index contributed by atoms with van der Waals surface area (Å²) in [7, 11) is 0. The highest BCUT2D eigenvalue weighted by molar-refractivity contribution is 7.22. The molecule has 4 aromatic heterocycles. The molecule has 4 heterocycles. The third-order valence-corrected chi connectivity index (χ3v) is 6.04. The van der Waals surface area contributed by atoms with Gasteiger partial charge in [-0.05, 0) is 43.3 Å². The SMILES string of the molecule is Cc1cc2cc(Nc3ccnc4cc(-c5cc[n+]([O-])c(C)c5)sc34)ccc2[nH]1. The van der Waals surface area contributed by atoms with E-state index >= 15 is 0 Å². The van der Waals surface area contributed by atoms with Crippen molar-refractivity contribution in [3.05, 3.63) is 77.5 Å². The fourth-order valence-corrected chi connectivity index (χ4v) is 4.53. The first-order chi connectivity index (χ1) is 13.6. The van der Waals surface area contributed by atoms with E-state index in [1.807, 2.05) is 31.3 Å². The van der Waals surface area contributed by atoms with E-state index in [1.54, 1.807) is 17.5 Å². The molecule has 2 N–H and O–H groups in total. The van der Waals surface area contributed by atoms with Crippen LogP contribution in [0, 0.1) is 19.1 Å². The number of thiophene rings is 1. The summed E-state index contributed by atoms with van der Waals surface area (Å²) in [6.45, 7) is 3.88. The zero-order valence-electron chi connectivity index (χ0n) is 15.5. The van der Waals surface area contributed by atoms with Crippen LogP contribution in [0.3, 0.4) is 0 Å². The lowest BCUT2D eigenvalue weighted by molar-refractivity contribution is -0.612. The molecule has 0 saturated carbocycles. The van der Waals surface area contributed by atoms with E-state index in [0.29, 0.717) is 5.69 Å². The van der Waals surface area contributed by atoms with Crippen LogP contribution in [0.1, 0.15) is 11.4 Å². The van der Waals surface area contributed by atoms with Gasteiger partial charge in [0.05, 0.1) is 15.9 Å². The van der Waals surface area contributed by atoms with Crippen LogP contribution < -0.4 is 10.0 Å². The zero-order valence-corrected chi connectivity index (χ0v) is 16.3. The zero-order chi connectivity index (χ0) is 19.3. The summed E-state index contributed by atoms with van der Waals surface area (Å²) in [6, 6.07) is 16.3. The molecule has 0 fully saturated rings. The van der Waals surface area contributed by atoms with Gasteiger partial charge in [0, 0.05) is 58.0 Å². The molecule has 0 unspecified atom stereocenters. The Morgan fingerprint density at radius 2 is 1.96 bits per heavy atom. The summed E-state index contributed by atoms with van der Waals surface area (Å²) < 4.78 is 1.97. The number of benzene rings is 1. The molecule has 138 valence electrons. The Hall–Kier alpha value is -3.38. The second-order valence-corrected chi connectivity index (χ2v) is 8.00. The van der Waals surface area contributed by atoms with Gasteiger partial charge in [0.25, 0.3) is 0 Å². The fourth-order valence-electron chi connectivity index (χ4n) is 3.45. The Kier molecular flexibility index (Phi) is 3.80. The number of hydrogen-bond acceptors (Lipinski definition) is 4. The maximum absolute atomic E-state index is 11.6. The van der Waals surface area contributed by atoms with Gasteiger partial charge < -0.3 is 15.5 Å². The molecule has 0 aliphatic heterocycles. The Morgan fingerprint density at radius 3 is 2.82 bits per heavy atom. The van der Waals surface area contributed by atoms with Crippen LogP contribution in [0.2, 0.25) is 0 Å². The molecule has 0 aliphatic rings. The topological polar surface area (TPSA) is 67.7 Å². The van der Waals surface area contributed by atoms with Gasteiger partial charge in [0.2, 0.25) is 0 Å². The summed E-state index contributed by atoms with van der Waals surface area (Å²) >= 11 is 1.68. The maximum Gasteiger partial charge on any atom is 0.190 e. The summed E-state index contributed by atoms with van der Waals surface area (Å²) in [4.78, 5) is 8.97. The highest BCUT2D eigenvalue weighted by Gasteiger charge is 2.12. The molecule has 0 bridgehead atoms. The van der Waals surface area contributed by atoms with Crippen molar-refractivity contribution < 1.29 is 4.73 Å². The van der Waals surface area contributed by atoms with Gasteiger partial charge in [-0.2, -0.15) is 4.73 Å². The minimum absolute atomic E-state index is 0.677. The number of aromatic amines is 1. The maximum atomic E-state index is 11.6. The summed E-state index contributed by atoms with van der Waals surface area (Å²) in [5, 5.41) is 16.3. The number of aromatic nitrogens is 3. The number of fused-ring (bicyclic) bond motifs is 2. The van der Waals surface area contributed by atoms with Gasteiger partial charge in [0.15, 0.2) is 11.9 Å². The molecule has 0 spiro atoms. The Morgan fingerprint density at radius 1 is 1.07 bits per heavy atom. The van der Waals surface area contributed by atoms with Gasteiger partial charge >= 0.3 is 0 Å². The second-order valence-electron chi connectivity index (χ2n) is 6.95.